The zero-order chi connectivity index (χ0) is 14.8. The largest absolute Gasteiger partial charge is 0.383 e. The molecular formula is C15H14FN5. The molecule has 3 rings (SSSR count). The van der Waals surface area contributed by atoms with Crippen molar-refractivity contribution in [3.05, 3.63) is 53.8 Å². The maximum absolute atomic E-state index is 12.8. The van der Waals surface area contributed by atoms with Crippen LogP contribution in [0.2, 0.25) is 0 Å². The maximum atomic E-state index is 12.8. The van der Waals surface area contributed by atoms with E-state index in [4.69, 9.17) is 11.5 Å². The van der Waals surface area contributed by atoms with Crippen LogP contribution in [0.3, 0.4) is 0 Å². The lowest BCUT2D eigenvalue weighted by Gasteiger charge is -2.09. The number of fused-ring (bicyclic) bond motifs is 1. The monoisotopic (exact) mass is 283 g/mol. The molecule has 3 aromatic rings. The van der Waals surface area contributed by atoms with Gasteiger partial charge in [0, 0.05) is 17.6 Å². The molecule has 0 unspecified atom stereocenters. The Morgan fingerprint density at radius 1 is 1.00 bits per heavy atom. The molecule has 2 aromatic carbocycles. The number of hydrogen-bond acceptors (Lipinski definition) is 5. The molecule has 0 fully saturated rings. The molecule has 21 heavy (non-hydrogen) atoms. The lowest BCUT2D eigenvalue weighted by Crippen LogP contribution is -2.02. The van der Waals surface area contributed by atoms with Crippen molar-refractivity contribution in [3.8, 4) is 0 Å². The van der Waals surface area contributed by atoms with Crippen LogP contribution in [0, 0.1) is 5.82 Å². The summed E-state index contributed by atoms with van der Waals surface area (Å²) in [6, 6.07) is 11.9. The topological polar surface area (TPSA) is 89.8 Å². The number of nitrogens with two attached hydrogens (primary N) is 2. The summed E-state index contributed by atoms with van der Waals surface area (Å²) in [5, 5.41) is 3.99. The molecule has 1 aromatic heterocycles. The third kappa shape index (κ3) is 2.84. The molecule has 0 aliphatic carbocycles. The van der Waals surface area contributed by atoms with Gasteiger partial charge in [-0.3, -0.25) is 0 Å². The van der Waals surface area contributed by atoms with Crippen LogP contribution < -0.4 is 16.8 Å². The second kappa shape index (κ2) is 5.24. The minimum Gasteiger partial charge on any atom is -0.383 e. The summed E-state index contributed by atoms with van der Waals surface area (Å²) in [4.78, 5) is 8.07. The van der Waals surface area contributed by atoms with E-state index >= 15 is 0 Å². The van der Waals surface area contributed by atoms with E-state index in [0.717, 1.165) is 16.6 Å². The molecule has 0 saturated carbocycles. The van der Waals surface area contributed by atoms with Crippen LogP contribution in [0.1, 0.15) is 5.56 Å². The Hall–Kier alpha value is -2.89. The zero-order valence-corrected chi connectivity index (χ0v) is 11.2. The Bertz CT molecular complexity index is 786. The van der Waals surface area contributed by atoms with Gasteiger partial charge in [-0.15, -0.1) is 0 Å². The molecule has 6 heteroatoms. The van der Waals surface area contributed by atoms with Crippen molar-refractivity contribution in [2.45, 2.75) is 6.54 Å². The van der Waals surface area contributed by atoms with E-state index in [1.54, 1.807) is 12.1 Å². The molecular weight excluding hydrogens is 269 g/mol. The minimum absolute atomic E-state index is 0.159. The predicted octanol–water partition coefficient (Wildman–Crippen LogP) is 2.55. The van der Waals surface area contributed by atoms with E-state index in [1.165, 1.54) is 12.1 Å². The summed E-state index contributed by atoms with van der Waals surface area (Å²) in [5.74, 6) is 0.266. The molecule has 0 amide bonds. The van der Waals surface area contributed by atoms with E-state index in [-0.39, 0.29) is 11.8 Å². The lowest BCUT2D eigenvalue weighted by atomic mass is 10.2. The van der Waals surface area contributed by atoms with Crippen LogP contribution >= 0.6 is 0 Å². The quantitative estimate of drug-likeness (QED) is 0.687. The van der Waals surface area contributed by atoms with Crippen molar-refractivity contribution in [1.82, 2.24) is 9.97 Å². The second-order valence-electron chi connectivity index (χ2n) is 4.68. The Labute approximate surface area is 120 Å². The van der Waals surface area contributed by atoms with Crippen molar-refractivity contribution in [3.63, 3.8) is 0 Å². The number of benzene rings is 2. The first kappa shape index (κ1) is 13.1. The van der Waals surface area contributed by atoms with Gasteiger partial charge in [-0.25, -0.2) is 9.37 Å². The SMILES string of the molecule is Nc1nc(N)c2cc(NCc3ccc(F)cc3)ccc2n1. The molecule has 5 N–H and O–H groups in total. The van der Waals surface area contributed by atoms with Gasteiger partial charge >= 0.3 is 0 Å². The number of nitrogen functional groups attached to an aromatic ring is 2. The number of halogens is 1. The van der Waals surface area contributed by atoms with Crippen LogP contribution in [0.4, 0.5) is 21.8 Å². The maximum Gasteiger partial charge on any atom is 0.222 e. The summed E-state index contributed by atoms with van der Waals surface area (Å²) in [6.07, 6.45) is 0. The number of aromatic nitrogens is 2. The smallest absolute Gasteiger partial charge is 0.222 e. The highest BCUT2D eigenvalue weighted by atomic mass is 19.1. The van der Waals surface area contributed by atoms with Crippen molar-refractivity contribution in [2.24, 2.45) is 0 Å². The first-order valence-corrected chi connectivity index (χ1v) is 6.43. The standard InChI is InChI=1S/C15H14FN5/c16-10-3-1-9(2-4-10)8-19-11-5-6-13-12(7-11)14(17)21-15(18)20-13/h1-7,19H,8H2,(H4,17,18,20,21). The van der Waals surface area contributed by atoms with Crippen LogP contribution in [-0.4, -0.2) is 9.97 Å². The van der Waals surface area contributed by atoms with Gasteiger partial charge < -0.3 is 16.8 Å². The summed E-state index contributed by atoms with van der Waals surface area (Å²) in [6.45, 7) is 0.585. The van der Waals surface area contributed by atoms with E-state index in [9.17, 15) is 4.39 Å². The van der Waals surface area contributed by atoms with E-state index in [0.29, 0.717) is 17.9 Å². The van der Waals surface area contributed by atoms with Gasteiger partial charge in [0.15, 0.2) is 0 Å². The van der Waals surface area contributed by atoms with Crippen molar-refractivity contribution in [1.29, 1.82) is 0 Å². The van der Waals surface area contributed by atoms with Gasteiger partial charge in [-0.1, -0.05) is 12.1 Å². The average molecular weight is 283 g/mol. The Kier molecular flexibility index (Phi) is 3.27. The predicted molar refractivity (Wildman–Crippen MR) is 82.1 cm³/mol. The molecule has 106 valence electrons. The molecule has 0 bridgehead atoms. The normalized spacial score (nSPS) is 10.7. The van der Waals surface area contributed by atoms with Crippen molar-refractivity contribution < 1.29 is 4.39 Å². The fraction of sp³-hybridized carbons (Fsp3) is 0.0667. The van der Waals surface area contributed by atoms with Gasteiger partial charge in [0.2, 0.25) is 5.95 Å². The van der Waals surface area contributed by atoms with E-state index < -0.39 is 0 Å². The Morgan fingerprint density at radius 3 is 2.52 bits per heavy atom. The molecule has 0 radical (unpaired) electrons. The highest BCUT2D eigenvalue weighted by Crippen LogP contribution is 2.23. The molecule has 1 heterocycles. The van der Waals surface area contributed by atoms with Crippen molar-refractivity contribution in [2.75, 3.05) is 16.8 Å². The molecule has 0 aliphatic rings. The number of nitrogens with zero attached hydrogens (tertiary/aromatic N) is 2. The first-order chi connectivity index (χ1) is 10.1. The van der Waals surface area contributed by atoms with Gasteiger partial charge in [0.05, 0.1) is 5.52 Å². The number of hydrogen-bond donors (Lipinski definition) is 3. The van der Waals surface area contributed by atoms with Crippen LogP contribution in [0.15, 0.2) is 42.5 Å². The van der Waals surface area contributed by atoms with Gasteiger partial charge in [-0.05, 0) is 35.9 Å². The summed E-state index contributed by atoms with van der Waals surface area (Å²) >= 11 is 0. The fourth-order valence-corrected chi connectivity index (χ4v) is 2.09. The first-order valence-electron chi connectivity index (χ1n) is 6.43. The van der Waals surface area contributed by atoms with Gasteiger partial charge in [-0.2, -0.15) is 4.98 Å². The number of anilines is 3. The summed E-state index contributed by atoms with van der Waals surface area (Å²) in [5.41, 5.74) is 14.0. The molecule has 0 atom stereocenters. The second-order valence-corrected chi connectivity index (χ2v) is 4.68. The van der Waals surface area contributed by atoms with Gasteiger partial charge in [0.1, 0.15) is 11.6 Å². The van der Waals surface area contributed by atoms with Crippen molar-refractivity contribution >= 4 is 28.4 Å². The van der Waals surface area contributed by atoms with E-state index in [2.05, 4.69) is 15.3 Å². The molecule has 5 nitrogen and oxygen atoms in total. The third-order valence-electron chi connectivity index (χ3n) is 3.15. The minimum atomic E-state index is -0.244. The molecule has 0 aliphatic heterocycles. The third-order valence-corrected chi connectivity index (χ3v) is 3.15. The number of nitrogens with one attached hydrogen (secondary N) is 1. The van der Waals surface area contributed by atoms with Gasteiger partial charge in [0.25, 0.3) is 0 Å². The number of rotatable bonds is 3. The fourth-order valence-electron chi connectivity index (χ4n) is 2.09. The van der Waals surface area contributed by atoms with Crippen LogP contribution in [0.5, 0.6) is 0 Å². The average Bonchev–Trinajstić information content (AvgIpc) is 2.47. The molecule has 0 saturated heterocycles. The Morgan fingerprint density at radius 2 is 1.76 bits per heavy atom. The highest BCUT2D eigenvalue weighted by Gasteiger charge is 2.04. The van der Waals surface area contributed by atoms with E-state index in [1.807, 2.05) is 18.2 Å². The summed E-state index contributed by atoms with van der Waals surface area (Å²) in [7, 11) is 0. The lowest BCUT2D eigenvalue weighted by molar-refractivity contribution is 0.627. The van der Waals surface area contributed by atoms with Crippen LogP contribution in [-0.2, 0) is 6.54 Å². The summed E-state index contributed by atoms with van der Waals surface area (Å²) < 4.78 is 12.8. The zero-order valence-electron chi connectivity index (χ0n) is 11.2. The molecule has 0 spiro atoms. The Balaban J connectivity index is 1.83. The van der Waals surface area contributed by atoms with Crippen LogP contribution in [0.25, 0.3) is 10.9 Å². The highest BCUT2D eigenvalue weighted by molar-refractivity contribution is 5.91.